The minimum atomic E-state index is -1.09. The topological polar surface area (TPSA) is 57.5 Å². The van der Waals surface area contributed by atoms with Gasteiger partial charge in [0.15, 0.2) is 0 Å². The molecule has 0 heterocycles. The summed E-state index contributed by atoms with van der Waals surface area (Å²) < 4.78 is 0. The highest BCUT2D eigenvalue weighted by Gasteiger charge is 2.01. The molecule has 7 heavy (non-hydrogen) atoms. The van der Waals surface area contributed by atoms with Gasteiger partial charge in [-0.2, -0.15) is 0 Å². The molecule has 0 aromatic carbocycles. The Hall–Kier alpha value is -0.570. The van der Waals surface area contributed by atoms with Crippen LogP contribution >= 0.6 is 0 Å². The molecule has 2 N–H and O–H groups in total. The number of carboxylic acids is 1. The summed E-state index contributed by atoms with van der Waals surface area (Å²) in [6.07, 6.45) is -0.0440. The van der Waals surface area contributed by atoms with Gasteiger partial charge in [0.1, 0.15) is 0 Å². The molecule has 3 nitrogen and oxygen atoms in total. The molecule has 41 valence electrons. The van der Waals surface area contributed by atoms with E-state index in [2.05, 4.69) is 0 Å². The smallest absolute Gasteiger partial charge is 0.310 e. The van der Waals surface area contributed by atoms with E-state index in [4.69, 9.17) is 10.2 Å². The summed E-state index contributed by atoms with van der Waals surface area (Å²) in [5, 5.41) is 16.2. The lowest BCUT2D eigenvalue weighted by Crippen LogP contribution is -2.08. The average molecular weight is 103 g/mol. The number of carboxylic acid groups (broad SMARTS) is 1. The van der Waals surface area contributed by atoms with Crippen LogP contribution in [-0.2, 0) is 4.79 Å². The molecule has 0 aliphatic rings. The van der Waals surface area contributed by atoms with E-state index in [9.17, 15) is 4.79 Å². The average Bonchev–Trinajstić information content (AvgIpc) is 1.27. The van der Waals surface area contributed by atoms with Gasteiger partial charge in [0.2, 0.25) is 0 Å². The Morgan fingerprint density at radius 1 is 1.86 bits per heavy atom. The van der Waals surface area contributed by atoms with Gasteiger partial charge in [0, 0.05) is 0 Å². The lowest BCUT2D eigenvalue weighted by Gasteiger charge is -1.93. The van der Waals surface area contributed by atoms with Gasteiger partial charge in [0.25, 0.3) is 0 Å². The lowest BCUT2D eigenvalue weighted by molar-refractivity contribution is -0.134. The van der Waals surface area contributed by atoms with Crippen molar-refractivity contribution in [2.45, 2.75) is 13.0 Å². The third kappa shape index (κ3) is 5.43. The molecule has 0 aliphatic carbocycles. The first-order chi connectivity index (χ1) is 3.13. The fraction of sp³-hybridized carbons (Fsp3) is 0.500. The van der Waals surface area contributed by atoms with E-state index in [1.807, 2.05) is 0 Å². The van der Waals surface area contributed by atoms with Crippen LogP contribution in [0.1, 0.15) is 6.92 Å². The van der Waals surface area contributed by atoms with Gasteiger partial charge in [-0.05, 0) is 6.92 Å². The molecule has 3 heteroatoms. The minimum Gasteiger partial charge on any atom is -0.481 e. The Morgan fingerprint density at radius 3 is 2.29 bits per heavy atom. The zero-order valence-corrected chi connectivity index (χ0v) is 3.96. The summed E-state index contributed by atoms with van der Waals surface area (Å²) in [6.45, 7) is 1.38. The number of aliphatic carboxylic acids is 1. The molecular formula is C4H7O3. The number of hydrogen-bond donors (Lipinski definition) is 2. The second-order valence-electron chi connectivity index (χ2n) is 1.25. The molecule has 0 aromatic rings. The highest BCUT2D eigenvalue weighted by Crippen LogP contribution is 1.83. The summed E-state index contributed by atoms with van der Waals surface area (Å²) >= 11 is 0. The van der Waals surface area contributed by atoms with Crippen molar-refractivity contribution in [2.24, 2.45) is 0 Å². The number of rotatable bonds is 2. The first kappa shape index (κ1) is 6.43. The van der Waals surface area contributed by atoms with Gasteiger partial charge in [-0.25, -0.2) is 0 Å². The van der Waals surface area contributed by atoms with Crippen LogP contribution in [0, 0.1) is 6.42 Å². The van der Waals surface area contributed by atoms with Crippen LogP contribution in [0.2, 0.25) is 0 Å². The highest BCUT2D eigenvalue weighted by atomic mass is 16.4. The van der Waals surface area contributed by atoms with Crippen molar-refractivity contribution in [1.29, 1.82) is 0 Å². The second-order valence-corrected chi connectivity index (χ2v) is 1.25. The third-order valence-electron chi connectivity index (χ3n) is 0.384. The number of aliphatic hydroxyl groups excluding tert-OH is 1. The van der Waals surface area contributed by atoms with E-state index in [0.717, 1.165) is 6.42 Å². The molecule has 0 saturated heterocycles. The SMILES string of the molecule is CC(O)[CH]C(=O)O. The molecule has 1 unspecified atom stereocenters. The summed E-state index contributed by atoms with van der Waals surface area (Å²) in [7, 11) is 0. The molecule has 0 amide bonds. The maximum atomic E-state index is 9.59. The first-order valence-corrected chi connectivity index (χ1v) is 1.89. The summed E-state index contributed by atoms with van der Waals surface area (Å²) in [5.74, 6) is -1.09. The summed E-state index contributed by atoms with van der Waals surface area (Å²) in [6, 6.07) is 0. The second kappa shape index (κ2) is 2.58. The molecule has 1 atom stereocenters. The zero-order valence-electron chi connectivity index (χ0n) is 3.96. The van der Waals surface area contributed by atoms with Crippen molar-refractivity contribution in [2.75, 3.05) is 0 Å². The predicted molar refractivity (Wildman–Crippen MR) is 23.6 cm³/mol. The Kier molecular flexibility index (Phi) is 2.37. The maximum Gasteiger partial charge on any atom is 0.310 e. The van der Waals surface area contributed by atoms with E-state index in [1.165, 1.54) is 6.92 Å². The van der Waals surface area contributed by atoms with E-state index in [1.54, 1.807) is 0 Å². The van der Waals surface area contributed by atoms with Gasteiger partial charge < -0.3 is 10.2 Å². The number of carbonyl (C=O) groups is 1. The molecule has 0 aliphatic heterocycles. The van der Waals surface area contributed by atoms with Crippen LogP contribution in [0.3, 0.4) is 0 Å². The van der Waals surface area contributed by atoms with Crippen molar-refractivity contribution in [3.63, 3.8) is 0 Å². The van der Waals surface area contributed by atoms with Crippen LogP contribution in [0.4, 0.5) is 0 Å². The van der Waals surface area contributed by atoms with Crippen molar-refractivity contribution >= 4 is 5.97 Å². The van der Waals surface area contributed by atoms with Crippen molar-refractivity contribution in [3.05, 3.63) is 6.42 Å². The third-order valence-corrected chi connectivity index (χ3v) is 0.384. The van der Waals surface area contributed by atoms with Gasteiger partial charge >= 0.3 is 5.97 Å². The zero-order chi connectivity index (χ0) is 5.86. The molecule has 1 radical (unpaired) electrons. The van der Waals surface area contributed by atoms with E-state index >= 15 is 0 Å². The fourth-order valence-electron chi connectivity index (χ4n) is 0.206. The summed E-state index contributed by atoms with van der Waals surface area (Å²) in [4.78, 5) is 9.59. The Labute approximate surface area is 41.6 Å². The van der Waals surface area contributed by atoms with Crippen LogP contribution in [0.5, 0.6) is 0 Å². The van der Waals surface area contributed by atoms with Crippen LogP contribution < -0.4 is 0 Å². The molecule has 0 spiro atoms. The monoisotopic (exact) mass is 103 g/mol. The molecular weight excluding hydrogens is 96.0 g/mol. The van der Waals surface area contributed by atoms with E-state index in [-0.39, 0.29) is 0 Å². The van der Waals surface area contributed by atoms with Gasteiger partial charge in [0.05, 0.1) is 12.5 Å². The van der Waals surface area contributed by atoms with Crippen LogP contribution in [-0.4, -0.2) is 22.3 Å². The predicted octanol–water partition coefficient (Wildman–Crippen LogP) is -0.344. The van der Waals surface area contributed by atoms with Crippen LogP contribution in [0.15, 0.2) is 0 Å². The number of aliphatic hydroxyl groups is 1. The standard InChI is InChI=1S/C4H7O3/c1-3(5)2-4(6)7/h2-3,5H,1H3,(H,6,7). The maximum absolute atomic E-state index is 9.59. The highest BCUT2D eigenvalue weighted by molar-refractivity contribution is 5.77. The minimum absolute atomic E-state index is 0.806. The van der Waals surface area contributed by atoms with E-state index in [0.29, 0.717) is 0 Å². The normalized spacial score (nSPS) is 13.4. The van der Waals surface area contributed by atoms with Crippen molar-refractivity contribution in [1.82, 2.24) is 0 Å². The quantitative estimate of drug-likeness (QED) is 0.502. The van der Waals surface area contributed by atoms with Crippen molar-refractivity contribution in [3.8, 4) is 0 Å². The summed E-state index contributed by atoms with van der Waals surface area (Å²) in [5.41, 5.74) is 0. The molecule has 0 saturated carbocycles. The van der Waals surface area contributed by atoms with Gasteiger partial charge in [-0.1, -0.05) is 0 Å². The lowest BCUT2D eigenvalue weighted by atomic mass is 10.3. The Balaban J connectivity index is 3.13. The molecule has 0 rings (SSSR count). The molecule has 0 aromatic heterocycles. The largest absolute Gasteiger partial charge is 0.481 e. The Bertz CT molecular complexity index is 67.3. The van der Waals surface area contributed by atoms with Crippen LogP contribution in [0.25, 0.3) is 0 Å². The Morgan fingerprint density at radius 2 is 2.29 bits per heavy atom. The molecule has 0 fully saturated rings. The molecule has 0 bridgehead atoms. The number of hydrogen-bond acceptors (Lipinski definition) is 2. The fourth-order valence-corrected chi connectivity index (χ4v) is 0.206. The van der Waals surface area contributed by atoms with Gasteiger partial charge in [-0.15, -0.1) is 0 Å². The van der Waals surface area contributed by atoms with Gasteiger partial charge in [-0.3, -0.25) is 4.79 Å². The van der Waals surface area contributed by atoms with Crippen molar-refractivity contribution < 1.29 is 15.0 Å². The van der Waals surface area contributed by atoms with E-state index < -0.39 is 12.1 Å². The first-order valence-electron chi connectivity index (χ1n) is 1.89.